The van der Waals surface area contributed by atoms with E-state index in [-0.39, 0.29) is 6.10 Å². The molecule has 0 bridgehead atoms. The summed E-state index contributed by atoms with van der Waals surface area (Å²) in [6.45, 7) is 0.795. The normalized spacial score (nSPS) is 15.0. The number of carbonyl (C=O) groups excluding carboxylic acids is 2. The van der Waals surface area contributed by atoms with E-state index in [0.717, 1.165) is 19.4 Å². The number of nitrogens with one attached hydrogen (secondary N) is 1. The highest BCUT2D eigenvalue weighted by Gasteiger charge is 2.17. The zero-order valence-corrected chi connectivity index (χ0v) is 18.3. The number of hydrogen-bond acceptors (Lipinski definition) is 8. The van der Waals surface area contributed by atoms with Crippen molar-refractivity contribution in [3.8, 4) is 23.0 Å². The fraction of sp³-hybridized carbons (Fsp3) is 0.391. The molecule has 0 radical (unpaired) electrons. The third-order valence-corrected chi connectivity index (χ3v) is 4.83. The average molecular weight is 445 g/mol. The number of rotatable bonds is 10. The molecule has 0 spiro atoms. The maximum absolute atomic E-state index is 12.2. The van der Waals surface area contributed by atoms with Crippen LogP contribution in [-0.2, 0) is 14.3 Å². The fourth-order valence-electron chi connectivity index (χ4n) is 3.22. The van der Waals surface area contributed by atoms with Crippen LogP contribution >= 0.6 is 0 Å². The predicted molar refractivity (Wildman–Crippen MR) is 116 cm³/mol. The van der Waals surface area contributed by atoms with Crippen LogP contribution in [0.25, 0.3) is 0 Å². The van der Waals surface area contributed by atoms with Crippen molar-refractivity contribution in [3.05, 3.63) is 42.0 Å². The molecule has 1 unspecified atom stereocenters. The molecule has 32 heavy (non-hydrogen) atoms. The standard InChI is InChI=1S/C23H27NO8/c1-27-19-11-16(12-20(28-2)22(19)29-3)24-21(25)14-32-23(26)15-6-8-17(9-7-15)31-13-18-5-4-10-30-18/h6-9,11-12,18H,4-5,10,13-14H2,1-3H3,(H,24,25). The van der Waals surface area contributed by atoms with Gasteiger partial charge >= 0.3 is 5.97 Å². The lowest BCUT2D eigenvalue weighted by atomic mass is 10.2. The molecule has 9 heteroatoms. The lowest BCUT2D eigenvalue weighted by Crippen LogP contribution is -2.21. The summed E-state index contributed by atoms with van der Waals surface area (Å²) in [5.74, 6) is 0.696. The van der Waals surface area contributed by atoms with Crippen molar-refractivity contribution in [2.45, 2.75) is 18.9 Å². The molecule has 1 N–H and O–H groups in total. The van der Waals surface area contributed by atoms with Gasteiger partial charge in [-0.05, 0) is 37.1 Å². The first-order valence-electron chi connectivity index (χ1n) is 10.2. The molecule has 0 saturated carbocycles. The van der Waals surface area contributed by atoms with Gasteiger partial charge in [0.2, 0.25) is 5.75 Å². The molecule has 1 heterocycles. The van der Waals surface area contributed by atoms with Gasteiger partial charge in [-0.25, -0.2) is 4.79 Å². The molecular formula is C23H27NO8. The number of carbonyl (C=O) groups is 2. The lowest BCUT2D eigenvalue weighted by molar-refractivity contribution is -0.119. The van der Waals surface area contributed by atoms with Gasteiger partial charge in [-0.1, -0.05) is 0 Å². The highest BCUT2D eigenvalue weighted by atomic mass is 16.5. The highest BCUT2D eigenvalue weighted by Crippen LogP contribution is 2.39. The van der Waals surface area contributed by atoms with Gasteiger partial charge in [-0.2, -0.15) is 0 Å². The number of methoxy groups -OCH3 is 3. The second kappa shape index (κ2) is 11.2. The molecular weight excluding hydrogens is 418 g/mol. The van der Waals surface area contributed by atoms with Crippen LogP contribution in [0.15, 0.2) is 36.4 Å². The van der Waals surface area contributed by atoms with E-state index in [2.05, 4.69) is 5.32 Å². The summed E-state index contributed by atoms with van der Waals surface area (Å²) >= 11 is 0. The van der Waals surface area contributed by atoms with Gasteiger partial charge in [0.25, 0.3) is 5.91 Å². The van der Waals surface area contributed by atoms with Crippen LogP contribution in [-0.4, -0.2) is 59.1 Å². The first kappa shape index (κ1) is 23.2. The van der Waals surface area contributed by atoms with Crippen molar-refractivity contribution in [3.63, 3.8) is 0 Å². The van der Waals surface area contributed by atoms with Gasteiger partial charge in [-0.15, -0.1) is 0 Å². The number of ether oxygens (including phenoxy) is 6. The molecule has 1 atom stereocenters. The molecule has 3 rings (SSSR count). The Hall–Kier alpha value is -3.46. The van der Waals surface area contributed by atoms with E-state index in [4.69, 9.17) is 28.4 Å². The van der Waals surface area contributed by atoms with Crippen LogP contribution in [0, 0.1) is 0 Å². The third-order valence-electron chi connectivity index (χ3n) is 4.83. The molecule has 2 aromatic rings. The Labute approximate surface area is 186 Å². The fourth-order valence-corrected chi connectivity index (χ4v) is 3.22. The average Bonchev–Trinajstić information content (AvgIpc) is 3.34. The van der Waals surface area contributed by atoms with Crippen molar-refractivity contribution in [1.82, 2.24) is 0 Å². The van der Waals surface area contributed by atoms with Crippen molar-refractivity contribution in [2.24, 2.45) is 0 Å². The largest absolute Gasteiger partial charge is 0.493 e. The van der Waals surface area contributed by atoms with Gasteiger partial charge in [0.1, 0.15) is 12.4 Å². The summed E-state index contributed by atoms with van der Waals surface area (Å²) in [5.41, 5.74) is 0.725. The van der Waals surface area contributed by atoms with Crippen molar-refractivity contribution >= 4 is 17.6 Å². The summed E-state index contributed by atoms with van der Waals surface area (Å²) in [6.07, 6.45) is 2.15. The minimum absolute atomic E-state index is 0.115. The highest BCUT2D eigenvalue weighted by molar-refractivity contribution is 5.96. The Morgan fingerprint density at radius 1 is 1.03 bits per heavy atom. The third kappa shape index (κ3) is 6.04. The van der Waals surface area contributed by atoms with E-state index in [1.165, 1.54) is 21.3 Å². The number of anilines is 1. The zero-order chi connectivity index (χ0) is 22.9. The smallest absolute Gasteiger partial charge is 0.338 e. The minimum Gasteiger partial charge on any atom is -0.493 e. The van der Waals surface area contributed by atoms with E-state index in [1.807, 2.05) is 0 Å². The zero-order valence-electron chi connectivity index (χ0n) is 18.3. The molecule has 0 aromatic heterocycles. The molecule has 1 aliphatic heterocycles. The Bertz CT molecular complexity index is 897. The Morgan fingerprint density at radius 3 is 2.28 bits per heavy atom. The first-order valence-corrected chi connectivity index (χ1v) is 10.2. The van der Waals surface area contributed by atoms with Crippen molar-refractivity contribution in [1.29, 1.82) is 0 Å². The second-order valence-corrected chi connectivity index (χ2v) is 7.01. The van der Waals surface area contributed by atoms with Crippen LogP contribution in [0.2, 0.25) is 0 Å². The van der Waals surface area contributed by atoms with Gasteiger partial charge in [0.05, 0.1) is 33.0 Å². The van der Waals surface area contributed by atoms with Gasteiger partial charge in [0, 0.05) is 24.4 Å². The maximum Gasteiger partial charge on any atom is 0.338 e. The molecule has 1 saturated heterocycles. The van der Waals surface area contributed by atoms with Gasteiger partial charge in [-0.3, -0.25) is 4.79 Å². The van der Waals surface area contributed by atoms with Gasteiger partial charge < -0.3 is 33.7 Å². The monoisotopic (exact) mass is 445 g/mol. The van der Waals surface area contributed by atoms with Crippen LogP contribution < -0.4 is 24.3 Å². The topological polar surface area (TPSA) is 102 Å². The van der Waals surface area contributed by atoms with E-state index < -0.39 is 18.5 Å². The molecule has 2 aromatic carbocycles. The Kier molecular flexibility index (Phi) is 8.15. The van der Waals surface area contributed by atoms with E-state index in [9.17, 15) is 9.59 Å². The SMILES string of the molecule is COc1cc(NC(=O)COC(=O)c2ccc(OCC3CCCO3)cc2)cc(OC)c1OC. The predicted octanol–water partition coefficient (Wildman–Crippen LogP) is 3.07. The van der Waals surface area contributed by atoms with Crippen LogP contribution in [0.4, 0.5) is 5.69 Å². The Morgan fingerprint density at radius 2 is 1.72 bits per heavy atom. The number of benzene rings is 2. The Balaban J connectivity index is 1.50. The number of hydrogen-bond donors (Lipinski definition) is 1. The molecule has 172 valence electrons. The summed E-state index contributed by atoms with van der Waals surface area (Å²) in [4.78, 5) is 24.5. The maximum atomic E-state index is 12.2. The van der Waals surface area contributed by atoms with Crippen LogP contribution in [0.1, 0.15) is 23.2 Å². The molecule has 0 aliphatic carbocycles. The molecule has 1 fully saturated rings. The lowest BCUT2D eigenvalue weighted by Gasteiger charge is -2.14. The van der Waals surface area contributed by atoms with E-state index >= 15 is 0 Å². The molecule has 9 nitrogen and oxygen atoms in total. The first-order chi connectivity index (χ1) is 15.5. The number of esters is 1. The summed E-state index contributed by atoms with van der Waals surface area (Å²) < 4.78 is 32.0. The van der Waals surface area contributed by atoms with E-state index in [0.29, 0.717) is 40.9 Å². The second-order valence-electron chi connectivity index (χ2n) is 7.01. The summed E-state index contributed by atoms with van der Waals surface area (Å²) in [7, 11) is 4.44. The molecule has 1 amide bonds. The van der Waals surface area contributed by atoms with Gasteiger partial charge in [0.15, 0.2) is 18.1 Å². The quantitative estimate of drug-likeness (QED) is 0.557. The van der Waals surface area contributed by atoms with Crippen LogP contribution in [0.5, 0.6) is 23.0 Å². The van der Waals surface area contributed by atoms with E-state index in [1.54, 1.807) is 36.4 Å². The van der Waals surface area contributed by atoms with Crippen molar-refractivity contribution in [2.75, 3.05) is 46.5 Å². The number of amides is 1. The summed E-state index contributed by atoms with van der Waals surface area (Å²) in [5, 5.41) is 2.64. The van der Waals surface area contributed by atoms with Crippen molar-refractivity contribution < 1.29 is 38.0 Å². The minimum atomic E-state index is -0.615. The molecule has 1 aliphatic rings. The van der Waals surface area contributed by atoms with Crippen LogP contribution in [0.3, 0.4) is 0 Å². The summed E-state index contributed by atoms with van der Waals surface area (Å²) in [6, 6.07) is 9.70.